The fraction of sp³-hybridized carbons (Fsp3) is 0.357. The lowest BCUT2D eigenvalue weighted by Crippen LogP contribution is -2.12. The predicted octanol–water partition coefficient (Wildman–Crippen LogP) is 2.04. The summed E-state index contributed by atoms with van der Waals surface area (Å²) in [4.78, 5) is 16.8. The number of carbonyl (C=O) groups excluding carboxylic acids is 1. The Balaban J connectivity index is 1.95. The molecule has 4 heteroatoms. The molecule has 0 spiro atoms. The van der Waals surface area contributed by atoms with Crippen LogP contribution in [0.4, 0.5) is 0 Å². The molecule has 0 saturated carbocycles. The number of hydrogen-bond acceptors (Lipinski definition) is 3. The van der Waals surface area contributed by atoms with Gasteiger partial charge in [-0.2, -0.15) is 5.10 Å². The third kappa shape index (κ3) is 1.65. The highest BCUT2D eigenvalue weighted by Gasteiger charge is 2.31. The van der Waals surface area contributed by atoms with Gasteiger partial charge in [-0.15, -0.1) is 0 Å². The molecule has 0 aromatic carbocycles. The maximum atomic E-state index is 12.5. The molecule has 3 rings (SSSR count). The second-order valence-electron chi connectivity index (χ2n) is 4.80. The Kier molecular flexibility index (Phi) is 2.51. The summed E-state index contributed by atoms with van der Waals surface area (Å²) in [6.07, 6.45) is 3.54. The number of fused-ring (bicyclic) bond motifs is 1. The maximum absolute atomic E-state index is 12.5. The summed E-state index contributed by atoms with van der Waals surface area (Å²) in [6, 6.07) is 5.83. The number of nitrogens with zero attached hydrogens (tertiary/aromatic N) is 3. The van der Waals surface area contributed by atoms with Crippen molar-refractivity contribution in [3.63, 3.8) is 0 Å². The third-order valence-electron chi connectivity index (χ3n) is 3.64. The summed E-state index contributed by atoms with van der Waals surface area (Å²) < 4.78 is 1.74. The van der Waals surface area contributed by atoms with Crippen molar-refractivity contribution >= 4 is 5.78 Å². The van der Waals surface area contributed by atoms with Gasteiger partial charge in [0, 0.05) is 18.9 Å². The standard InChI is InChI=1S/C14H15N3O/c1-9-8-12(16-17(9)2)14(18)11-6-5-10-4-3-7-15-13(10)11/h3-4,7-8,11H,5-6H2,1-2H3. The number of aryl methyl sites for hydroxylation is 3. The van der Waals surface area contributed by atoms with Gasteiger partial charge in [-0.25, -0.2) is 0 Å². The second kappa shape index (κ2) is 4.05. The van der Waals surface area contributed by atoms with Crippen molar-refractivity contribution in [3.05, 3.63) is 47.0 Å². The van der Waals surface area contributed by atoms with Crippen LogP contribution in [-0.4, -0.2) is 20.5 Å². The van der Waals surface area contributed by atoms with Gasteiger partial charge in [0.15, 0.2) is 5.78 Å². The van der Waals surface area contributed by atoms with Crippen LogP contribution in [0.15, 0.2) is 24.4 Å². The molecule has 0 radical (unpaired) electrons. The highest BCUT2D eigenvalue weighted by Crippen LogP contribution is 2.33. The van der Waals surface area contributed by atoms with E-state index in [9.17, 15) is 4.79 Å². The molecule has 0 aliphatic heterocycles. The van der Waals surface area contributed by atoms with E-state index >= 15 is 0 Å². The SMILES string of the molecule is Cc1cc(C(=O)C2CCc3cccnc32)nn1C. The fourth-order valence-electron chi connectivity index (χ4n) is 2.53. The summed E-state index contributed by atoms with van der Waals surface area (Å²) in [5, 5.41) is 4.27. The first kappa shape index (κ1) is 11.1. The molecule has 0 bridgehead atoms. The van der Waals surface area contributed by atoms with Crippen molar-refractivity contribution in [2.45, 2.75) is 25.7 Å². The zero-order chi connectivity index (χ0) is 12.7. The van der Waals surface area contributed by atoms with Gasteiger partial charge in [0.05, 0.1) is 11.6 Å². The molecule has 1 atom stereocenters. The van der Waals surface area contributed by atoms with Gasteiger partial charge < -0.3 is 0 Å². The van der Waals surface area contributed by atoms with Gasteiger partial charge in [-0.05, 0) is 37.5 Å². The molecular formula is C14H15N3O. The molecule has 2 heterocycles. The van der Waals surface area contributed by atoms with E-state index in [-0.39, 0.29) is 11.7 Å². The zero-order valence-electron chi connectivity index (χ0n) is 10.6. The number of hydrogen-bond donors (Lipinski definition) is 0. The van der Waals surface area contributed by atoms with Crippen molar-refractivity contribution in [2.75, 3.05) is 0 Å². The lowest BCUT2D eigenvalue weighted by molar-refractivity contribution is 0.0952. The number of ketones is 1. The first-order valence-corrected chi connectivity index (χ1v) is 6.15. The maximum Gasteiger partial charge on any atom is 0.192 e. The molecule has 0 N–H and O–H groups in total. The van der Waals surface area contributed by atoms with Crippen LogP contribution in [0.3, 0.4) is 0 Å². The van der Waals surface area contributed by atoms with Gasteiger partial charge >= 0.3 is 0 Å². The van der Waals surface area contributed by atoms with E-state index in [4.69, 9.17) is 0 Å². The van der Waals surface area contributed by atoms with Crippen LogP contribution in [0.25, 0.3) is 0 Å². The summed E-state index contributed by atoms with van der Waals surface area (Å²) in [5.41, 5.74) is 3.69. The quantitative estimate of drug-likeness (QED) is 0.756. The van der Waals surface area contributed by atoms with Crippen LogP contribution >= 0.6 is 0 Å². The molecule has 0 amide bonds. The van der Waals surface area contributed by atoms with E-state index < -0.39 is 0 Å². The Morgan fingerprint density at radius 2 is 2.33 bits per heavy atom. The topological polar surface area (TPSA) is 47.8 Å². The molecule has 1 aliphatic rings. The largest absolute Gasteiger partial charge is 0.292 e. The van der Waals surface area contributed by atoms with E-state index in [0.29, 0.717) is 5.69 Å². The molecule has 1 unspecified atom stereocenters. The van der Waals surface area contributed by atoms with Gasteiger partial charge in [0.1, 0.15) is 5.69 Å². The van der Waals surface area contributed by atoms with Crippen LogP contribution in [0.5, 0.6) is 0 Å². The molecule has 2 aromatic heterocycles. The predicted molar refractivity (Wildman–Crippen MR) is 67.6 cm³/mol. The van der Waals surface area contributed by atoms with Gasteiger partial charge in [0.2, 0.25) is 0 Å². The molecule has 2 aromatic rings. The number of pyridine rings is 1. The molecule has 18 heavy (non-hydrogen) atoms. The van der Waals surface area contributed by atoms with Crippen molar-refractivity contribution in [1.82, 2.24) is 14.8 Å². The lowest BCUT2D eigenvalue weighted by Gasteiger charge is -2.06. The van der Waals surface area contributed by atoms with Crippen molar-refractivity contribution in [3.8, 4) is 0 Å². The minimum Gasteiger partial charge on any atom is -0.292 e. The van der Waals surface area contributed by atoms with Gasteiger partial charge in [-0.3, -0.25) is 14.5 Å². The van der Waals surface area contributed by atoms with Crippen molar-refractivity contribution < 1.29 is 4.79 Å². The smallest absolute Gasteiger partial charge is 0.192 e. The van der Waals surface area contributed by atoms with Crippen LogP contribution in [0, 0.1) is 6.92 Å². The Morgan fingerprint density at radius 1 is 1.50 bits per heavy atom. The first-order valence-electron chi connectivity index (χ1n) is 6.15. The number of carbonyl (C=O) groups is 1. The second-order valence-corrected chi connectivity index (χ2v) is 4.80. The Bertz CT molecular complexity index is 596. The normalized spacial score (nSPS) is 17.8. The van der Waals surface area contributed by atoms with Crippen LogP contribution in [0.2, 0.25) is 0 Å². The average Bonchev–Trinajstić information content (AvgIpc) is 2.93. The third-order valence-corrected chi connectivity index (χ3v) is 3.64. The summed E-state index contributed by atoms with van der Waals surface area (Å²) >= 11 is 0. The zero-order valence-corrected chi connectivity index (χ0v) is 10.6. The number of aromatic nitrogens is 3. The van der Waals surface area contributed by atoms with E-state index in [1.807, 2.05) is 26.1 Å². The summed E-state index contributed by atoms with van der Waals surface area (Å²) in [5.74, 6) is -0.0216. The molecule has 1 aliphatic carbocycles. The monoisotopic (exact) mass is 241 g/mol. The van der Waals surface area contributed by atoms with E-state index in [1.54, 1.807) is 10.9 Å². The number of rotatable bonds is 2. The molecule has 0 fully saturated rings. The van der Waals surface area contributed by atoms with Crippen molar-refractivity contribution in [1.29, 1.82) is 0 Å². The first-order chi connectivity index (χ1) is 8.66. The fourth-order valence-corrected chi connectivity index (χ4v) is 2.53. The minimum atomic E-state index is -0.115. The van der Waals surface area contributed by atoms with Crippen LogP contribution < -0.4 is 0 Å². The van der Waals surface area contributed by atoms with E-state index in [0.717, 1.165) is 24.2 Å². The number of Topliss-reactive ketones (excluding diaryl/α,β-unsaturated/α-hetero) is 1. The lowest BCUT2D eigenvalue weighted by atomic mass is 9.99. The van der Waals surface area contributed by atoms with Gasteiger partial charge in [0.25, 0.3) is 0 Å². The molecule has 4 nitrogen and oxygen atoms in total. The average molecular weight is 241 g/mol. The summed E-state index contributed by atoms with van der Waals surface area (Å²) in [7, 11) is 1.85. The van der Waals surface area contributed by atoms with E-state index in [1.165, 1.54) is 5.56 Å². The van der Waals surface area contributed by atoms with Crippen LogP contribution in [-0.2, 0) is 13.5 Å². The Morgan fingerprint density at radius 3 is 3.06 bits per heavy atom. The van der Waals surface area contributed by atoms with E-state index in [2.05, 4.69) is 16.1 Å². The Hall–Kier alpha value is -1.97. The highest BCUT2D eigenvalue weighted by atomic mass is 16.1. The van der Waals surface area contributed by atoms with Gasteiger partial charge in [-0.1, -0.05) is 6.07 Å². The summed E-state index contributed by atoms with van der Waals surface area (Å²) in [6.45, 7) is 1.95. The molecular weight excluding hydrogens is 226 g/mol. The van der Waals surface area contributed by atoms with Crippen LogP contribution in [0.1, 0.15) is 39.8 Å². The molecule has 0 saturated heterocycles. The minimum absolute atomic E-state index is 0.0937. The highest BCUT2D eigenvalue weighted by molar-refractivity contribution is 5.99. The Labute approximate surface area is 106 Å². The molecule has 92 valence electrons. The van der Waals surface area contributed by atoms with Crippen molar-refractivity contribution in [2.24, 2.45) is 7.05 Å².